The number of aliphatic hydroxyl groups is 3. The summed E-state index contributed by atoms with van der Waals surface area (Å²) in [7, 11) is -4.30. The Bertz CT molecular complexity index is 1340. The van der Waals surface area contributed by atoms with E-state index in [2.05, 4.69) is 20.0 Å². The maximum Gasteiger partial charge on any atom is 0.406 e. The number of aliphatic hydroxyl groups excluding tert-OH is 3. The quantitative estimate of drug-likeness (QED) is 0.0755. The van der Waals surface area contributed by atoms with Gasteiger partial charge in [0.05, 0.1) is 37.7 Å². The van der Waals surface area contributed by atoms with E-state index in [0.717, 1.165) is 11.8 Å². The molecule has 17 nitrogen and oxygen atoms in total. The molecule has 0 aliphatic rings. The van der Waals surface area contributed by atoms with Crippen LogP contribution in [0.5, 0.6) is 0 Å². The molecule has 0 amide bonds. The third-order valence-electron chi connectivity index (χ3n) is 5.57. The van der Waals surface area contributed by atoms with E-state index in [0.29, 0.717) is 0 Å². The molecule has 19 heteroatoms. The number of carbonyl (C=O) groups excluding carboxylic acids is 2. The van der Waals surface area contributed by atoms with Crippen LogP contribution in [0, 0.1) is 5.41 Å². The molecule has 0 saturated heterocycles. The van der Waals surface area contributed by atoms with Crippen LogP contribution in [-0.4, -0.2) is 102 Å². The smallest absolute Gasteiger partial charge is 0.406 e. The van der Waals surface area contributed by atoms with Crippen molar-refractivity contribution in [2.75, 3.05) is 37.9 Å². The summed E-state index contributed by atoms with van der Waals surface area (Å²) in [5.41, 5.74) is 3.32. The molecule has 0 spiro atoms. The summed E-state index contributed by atoms with van der Waals surface area (Å²) < 4.78 is 36.8. The minimum Gasteiger partial charge on any atom is -0.459 e. The van der Waals surface area contributed by atoms with Crippen molar-refractivity contribution < 1.29 is 48.0 Å². The van der Waals surface area contributed by atoms with E-state index in [4.69, 9.17) is 24.3 Å². The summed E-state index contributed by atoms with van der Waals surface area (Å²) in [4.78, 5) is 46.9. The highest BCUT2D eigenvalue weighted by atomic mass is 32.2. The number of anilines is 1. The zero-order valence-electron chi connectivity index (χ0n) is 24.9. The number of aromatic nitrogens is 4. The van der Waals surface area contributed by atoms with Crippen LogP contribution in [-0.2, 0) is 39.4 Å². The SMILES string of the molecule is CC(O)[C@H](O)[C@@H](COP(=O)(NCC(=O)OC(C)(C)C)OCCSC(=O)C(C)(C)CO)OCn1cnc2c(=O)[nH]c(N)nc21. The fourth-order valence-electron chi connectivity index (χ4n) is 3.19. The summed E-state index contributed by atoms with van der Waals surface area (Å²) in [5, 5.41) is 32.1. The van der Waals surface area contributed by atoms with Crippen molar-refractivity contribution in [3.05, 3.63) is 16.7 Å². The predicted octanol–water partition coefficient (Wildman–Crippen LogP) is 0.137. The molecule has 2 aromatic heterocycles. The topological polar surface area (TPSA) is 250 Å². The van der Waals surface area contributed by atoms with Crippen molar-refractivity contribution in [1.29, 1.82) is 0 Å². The minimum atomic E-state index is -4.30. The Morgan fingerprint density at radius 3 is 2.51 bits per heavy atom. The van der Waals surface area contributed by atoms with Crippen LogP contribution in [0.1, 0.15) is 41.5 Å². The van der Waals surface area contributed by atoms with Crippen molar-refractivity contribution in [2.45, 2.75) is 72.2 Å². The van der Waals surface area contributed by atoms with Gasteiger partial charge in [-0.15, -0.1) is 0 Å². The number of thioether (sulfide) groups is 1. The minimum absolute atomic E-state index is 0.00959. The molecule has 7 N–H and O–H groups in total. The van der Waals surface area contributed by atoms with Crippen molar-refractivity contribution in [3.63, 3.8) is 0 Å². The first-order valence-electron chi connectivity index (χ1n) is 13.2. The van der Waals surface area contributed by atoms with E-state index in [1.807, 2.05) is 0 Å². The second-order valence-electron chi connectivity index (χ2n) is 11.1. The molecule has 0 bridgehead atoms. The number of nitrogens with two attached hydrogens (primary N) is 1. The first-order valence-corrected chi connectivity index (χ1v) is 15.7. The van der Waals surface area contributed by atoms with Crippen molar-refractivity contribution in [3.8, 4) is 0 Å². The molecule has 4 atom stereocenters. The highest BCUT2D eigenvalue weighted by molar-refractivity contribution is 8.13. The second-order valence-corrected chi connectivity index (χ2v) is 14.0. The Morgan fingerprint density at radius 1 is 1.23 bits per heavy atom. The Hall–Kier alpha value is -2.41. The lowest BCUT2D eigenvalue weighted by molar-refractivity contribution is -0.153. The summed E-state index contributed by atoms with van der Waals surface area (Å²) >= 11 is 0.858. The van der Waals surface area contributed by atoms with Crippen LogP contribution in [0.2, 0.25) is 0 Å². The number of nitrogen functional groups attached to an aromatic ring is 1. The molecule has 0 saturated carbocycles. The number of imidazole rings is 1. The van der Waals surface area contributed by atoms with Crippen molar-refractivity contribution in [1.82, 2.24) is 24.6 Å². The molecule has 0 aromatic carbocycles. The van der Waals surface area contributed by atoms with Gasteiger partial charge in [0, 0.05) is 5.75 Å². The number of rotatable bonds is 17. The standard InChI is InChI=1S/C24H41N6O11PS/c1-14(32)18(34)15(38-13-30-12-26-17-19(30)28-22(25)29-20(17)35)10-40-42(37,27-9-16(33)41-23(2,3)4)39-7-8-43-21(36)24(5,6)11-31/h12,14-15,18,31-32,34H,7-11,13H2,1-6H3,(H,27,37)(H3,25,28,29,35)/t14?,15-,18+,42?/m1/s1. The van der Waals surface area contributed by atoms with E-state index >= 15 is 0 Å². The highest BCUT2D eigenvalue weighted by Gasteiger charge is 2.33. The van der Waals surface area contributed by atoms with Gasteiger partial charge in [-0.3, -0.25) is 33.0 Å². The van der Waals surface area contributed by atoms with Gasteiger partial charge in [0.1, 0.15) is 31.1 Å². The van der Waals surface area contributed by atoms with Gasteiger partial charge in [0.15, 0.2) is 16.3 Å². The van der Waals surface area contributed by atoms with E-state index in [-0.39, 0.29) is 47.9 Å². The van der Waals surface area contributed by atoms with Crippen molar-refractivity contribution in [2.24, 2.45) is 5.41 Å². The zero-order valence-corrected chi connectivity index (χ0v) is 26.6. The first kappa shape index (κ1) is 36.8. The molecule has 244 valence electrons. The number of carbonyl (C=O) groups is 2. The molecule has 0 radical (unpaired) electrons. The Balaban J connectivity index is 2.16. The van der Waals surface area contributed by atoms with Gasteiger partial charge in [0.2, 0.25) is 5.95 Å². The summed E-state index contributed by atoms with van der Waals surface area (Å²) in [6.07, 6.45) is -2.90. The average molecular weight is 653 g/mol. The number of H-pyrrole nitrogens is 1. The summed E-state index contributed by atoms with van der Waals surface area (Å²) in [6.45, 7) is 7.29. The van der Waals surface area contributed by atoms with Crippen LogP contribution in [0.4, 0.5) is 5.95 Å². The van der Waals surface area contributed by atoms with Gasteiger partial charge in [-0.2, -0.15) is 4.98 Å². The molecule has 0 aliphatic heterocycles. The number of hydrogen-bond acceptors (Lipinski definition) is 15. The van der Waals surface area contributed by atoms with Gasteiger partial charge < -0.3 is 30.5 Å². The van der Waals surface area contributed by atoms with Gasteiger partial charge in [0.25, 0.3) is 5.56 Å². The molecule has 2 rings (SSSR count). The fraction of sp³-hybridized carbons (Fsp3) is 0.708. The highest BCUT2D eigenvalue weighted by Crippen LogP contribution is 2.44. The van der Waals surface area contributed by atoms with Crippen LogP contribution in [0.15, 0.2) is 11.1 Å². The van der Waals surface area contributed by atoms with Crippen LogP contribution in [0.25, 0.3) is 11.2 Å². The molecular weight excluding hydrogens is 611 g/mol. The summed E-state index contributed by atoms with van der Waals surface area (Å²) in [6, 6.07) is 0. The second kappa shape index (κ2) is 15.5. The number of ether oxygens (including phenoxy) is 2. The van der Waals surface area contributed by atoms with Crippen LogP contribution < -0.4 is 16.4 Å². The normalized spacial score (nSPS) is 16.0. The molecule has 2 unspecified atom stereocenters. The maximum atomic E-state index is 13.6. The number of hydrogen-bond donors (Lipinski definition) is 6. The van der Waals surface area contributed by atoms with Crippen molar-refractivity contribution >= 4 is 47.7 Å². The number of esters is 1. The van der Waals surface area contributed by atoms with Crippen LogP contribution >= 0.6 is 19.5 Å². The van der Waals surface area contributed by atoms with E-state index in [1.165, 1.54) is 17.8 Å². The molecule has 2 heterocycles. The van der Waals surface area contributed by atoms with Gasteiger partial charge in [-0.1, -0.05) is 11.8 Å². The van der Waals surface area contributed by atoms with Gasteiger partial charge in [-0.05, 0) is 41.5 Å². The Morgan fingerprint density at radius 2 is 1.91 bits per heavy atom. The third-order valence-corrected chi connectivity index (χ3v) is 8.31. The number of fused-ring (bicyclic) bond motifs is 1. The maximum absolute atomic E-state index is 13.6. The first-order chi connectivity index (χ1) is 19.9. The fourth-order valence-corrected chi connectivity index (χ4v) is 5.37. The third kappa shape index (κ3) is 11.6. The lowest BCUT2D eigenvalue weighted by atomic mass is 9.97. The molecule has 0 aliphatic carbocycles. The number of aromatic amines is 1. The number of nitrogens with one attached hydrogen (secondary N) is 2. The Labute approximate surface area is 252 Å². The molecule has 2 aromatic rings. The lowest BCUT2D eigenvalue weighted by Gasteiger charge is -2.27. The van der Waals surface area contributed by atoms with E-state index in [1.54, 1.807) is 34.6 Å². The summed E-state index contributed by atoms with van der Waals surface area (Å²) in [5.74, 6) is -0.861. The van der Waals surface area contributed by atoms with E-state index in [9.17, 15) is 34.3 Å². The largest absolute Gasteiger partial charge is 0.459 e. The molecular formula is C24H41N6O11PS. The average Bonchev–Trinajstić information content (AvgIpc) is 3.31. The van der Waals surface area contributed by atoms with Crippen LogP contribution in [0.3, 0.4) is 0 Å². The van der Waals surface area contributed by atoms with E-state index < -0.39 is 61.8 Å². The van der Waals surface area contributed by atoms with Gasteiger partial charge >= 0.3 is 13.7 Å². The zero-order chi connectivity index (χ0) is 32.6. The van der Waals surface area contributed by atoms with Gasteiger partial charge in [-0.25, -0.2) is 14.6 Å². The molecule has 43 heavy (non-hydrogen) atoms. The number of nitrogens with zero attached hydrogens (tertiary/aromatic N) is 3. The lowest BCUT2D eigenvalue weighted by Crippen LogP contribution is -2.41. The molecule has 0 fully saturated rings. The predicted molar refractivity (Wildman–Crippen MR) is 157 cm³/mol. The Kier molecular flexibility index (Phi) is 13.3. The monoisotopic (exact) mass is 652 g/mol.